The van der Waals surface area contributed by atoms with Crippen molar-refractivity contribution >= 4 is 11.8 Å². The lowest BCUT2D eigenvalue weighted by Crippen LogP contribution is -2.28. The predicted molar refractivity (Wildman–Crippen MR) is 56.3 cm³/mol. The summed E-state index contributed by atoms with van der Waals surface area (Å²) in [4.78, 5) is 0. The highest BCUT2D eigenvalue weighted by Crippen LogP contribution is 2.16. The minimum atomic E-state index is 0.223. The Kier molecular flexibility index (Phi) is 4.27. The van der Waals surface area contributed by atoms with Crippen LogP contribution in [0.25, 0.3) is 0 Å². The highest BCUT2D eigenvalue weighted by molar-refractivity contribution is 7.98. The number of hydrogen-bond acceptors (Lipinski definition) is 4. The standard InChI is InChI=1S/C8H16N4S/c1-12-6-7(5-10-12)8(11-9)3-4-13-2/h5-6,8,11H,3-4,9H2,1-2H3. The first-order valence-electron chi connectivity index (χ1n) is 4.21. The molecule has 0 aliphatic rings. The van der Waals surface area contributed by atoms with Gasteiger partial charge in [0.05, 0.1) is 6.20 Å². The molecule has 5 heteroatoms. The Hall–Kier alpha value is -0.520. The Bertz CT molecular complexity index is 248. The van der Waals surface area contributed by atoms with Gasteiger partial charge in [0.25, 0.3) is 0 Å². The molecule has 74 valence electrons. The summed E-state index contributed by atoms with van der Waals surface area (Å²) in [5, 5.41) is 4.11. The maximum Gasteiger partial charge on any atom is 0.0538 e. The molecule has 0 aromatic carbocycles. The fraction of sp³-hybridized carbons (Fsp3) is 0.625. The Morgan fingerprint density at radius 2 is 2.54 bits per heavy atom. The van der Waals surface area contributed by atoms with Crippen LogP contribution in [-0.2, 0) is 7.05 Å². The van der Waals surface area contributed by atoms with Crippen molar-refractivity contribution in [3.8, 4) is 0 Å². The number of aromatic nitrogens is 2. The van der Waals surface area contributed by atoms with Crippen molar-refractivity contribution in [3.63, 3.8) is 0 Å². The average molecular weight is 200 g/mol. The first-order chi connectivity index (χ1) is 6.27. The van der Waals surface area contributed by atoms with Crippen LogP contribution in [0.1, 0.15) is 18.0 Å². The molecular weight excluding hydrogens is 184 g/mol. The molecule has 1 atom stereocenters. The molecule has 0 amide bonds. The monoisotopic (exact) mass is 200 g/mol. The number of thioether (sulfide) groups is 1. The highest BCUT2D eigenvalue weighted by atomic mass is 32.2. The third-order valence-electron chi connectivity index (χ3n) is 1.94. The van der Waals surface area contributed by atoms with Gasteiger partial charge in [0.15, 0.2) is 0 Å². The van der Waals surface area contributed by atoms with Crippen molar-refractivity contribution < 1.29 is 0 Å². The van der Waals surface area contributed by atoms with Gasteiger partial charge in [-0.15, -0.1) is 0 Å². The van der Waals surface area contributed by atoms with Crippen LogP contribution in [0.3, 0.4) is 0 Å². The van der Waals surface area contributed by atoms with Crippen molar-refractivity contribution in [2.24, 2.45) is 12.9 Å². The molecule has 1 heterocycles. The Balaban J connectivity index is 2.56. The predicted octanol–water partition coefficient (Wildman–Crippen LogP) is 0.678. The maximum absolute atomic E-state index is 5.46. The largest absolute Gasteiger partial charge is 0.275 e. The zero-order chi connectivity index (χ0) is 9.68. The van der Waals surface area contributed by atoms with E-state index in [0.29, 0.717) is 0 Å². The Labute approximate surface area is 82.8 Å². The summed E-state index contributed by atoms with van der Waals surface area (Å²) in [5.41, 5.74) is 3.95. The number of nitrogens with zero attached hydrogens (tertiary/aromatic N) is 2. The molecule has 0 saturated carbocycles. The van der Waals surface area contributed by atoms with Crippen LogP contribution in [0, 0.1) is 0 Å². The van der Waals surface area contributed by atoms with E-state index in [4.69, 9.17) is 5.84 Å². The second kappa shape index (κ2) is 5.26. The molecule has 0 aliphatic carbocycles. The van der Waals surface area contributed by atoms with E-state index in [2.05, 4.69) is 16.8 Å². The van der Waals surface area contributed by atoms with Gasteiger partial charge in [-0.1, -0.05) is 0 Å². The van der Waals surface area contributed by atoms with Gasteiger partial charge in [-0.3, -0.25) is 16.0 Å². The molecular formula is C8H16N4S. The van der Waals surface area contributed by atoms with E-state index in [1.54, 1.807) is 4.68 Å². The second-order valence-electron chi connectivity index (χ2n) is 2.95. The lowest BCUT2D eigenvalue weighted by atomic mass is 10.1. The van der Waals surface area contributed by atoms with Crippen LogP contribution in [-0.4, -0.2) is 21.8 Å². The van der Waals surface area contributed by atoms with Gasteiger partial charge in [0.1, 0.15) is 0 Å². The first kappa shape index (κ1) is 10.6. The third-order valence-corrected chi connectivity index (χ3v) is 2.58. The number of hydrogen-bond donors (Lipinski definition) is 2. The molecule has 0 bridgehead atoms. The van der Waals surface area contributed by atoms with E-state index >= 15 is 0 Å². The van der Waals surface area contributed by atoms with Crippen molar-refractivity contribution in [3.05, 3.63) is 18.0 Å². The van der Waals surface area contributed by atoms with E-state index in [9.17, 15) is 0 Å². The number of hydrazine groups is 1. The number of rotatable bonds is 5. The summed E-state index contributed by atoms with van der Waals surface area (Å²) >= 11 is 1.82. The summed E-state index contributed by atoms with van der Waals surface area (Å²) in [7, 11) is 1.91. The van der Waals surface area contributed by atoms with Crippen molar-refractivity contribution in [1.82, 2.24) is 15.2 Å². The molecule has 1 rings (SSSR count). The summed E-state index contributed by atoms with van der Waals surface area (Å²) in [6.45, 7) is 0. The van der Waals surface area contributed by atoms with Gasteiger partial charge in [0.2, 0.25) is 0 Å². The molecule has 1 unspecified atom stereocenters. The van der Waals surface area contributed by atoms with E-state index in [-0.39, 0.29) is 6.04 Å². The molecule has 0 radical (unpaired) electrons. The zero-order valence-corrected chi connectivity index (χ0v) is 8.84. The Morgan fingerprint density at radius 3 is 3.00 bits per heavy atom. The van der Waals surface area contributed by atoms with Crippen LogP contribution in [0.4, 0.5) is 0 Å². The second-order valence-corrected chi connectivity index (χ2v) is 3.93. The number of aryl methyl sites for hydroxylation is 1. The summed E-state index contributed by atoms with van der Waals surface area (Å²) in [6.07, 6.45) is 6.97. The fourth-order valence-corrected chi connectivity index (χ4v) is 1.67. The summed E-state index contributed by atoms with van der Waals surface area (Å²) in [5.74, 6) is 6.56. The van der Waals surface area contributed by atoms with E-state index in [1.807, 2.05) is 31.2 Å². The van der Waals surface area contributed by atoms with Gasteiger partial charge >= 0.3 is 0 Å². The number of nitrogens with two attached hydrogens (primary N) is 1. The van der Waals surface area contributed by atoms with E-state index in [0.717, 1.165) is 17.7 Å². The average Bonchev–Trinajstić information content (AvgIpc) is 2.54. The molecule has 4 nitrogen and oxygen atoms in total. The summed E-state index contributed by atoms with van der Waals surface area (Å²) < 4.78 is 1.79. The number of nitrogens with one attached hydrogen (secondary N) is 1. The van der Waals surface area contributed by atoms with Gasteiger partial charge in [0, 0.05) is 24.8 Å². The molecule has 0 aliphatic heterocycles. The molecule has 0 saturated heterocycles. The minimum absolute atomic E-state index is 0.223. The van der Waals surface area contributed by atoms with Crippen LogP contribution in [0.5, 0.6) is 0 Å². The molecule has 1 aromatic rings. The van der Waals surface area contributed by atoms with Gasteiger partial charge < -0.3 is 0 Å². The lowest BCUT2D eigenvalue weighted by Gasteiger charge is -2.12. The lowest BCUT2D eigenvalue weighted by molar-refractivity contribution is 0.542. The van der Waals surface area contributed by atoms with Crippen LogP contribution in [0.2, 0.25) is 0 Å². The minimum Gasteiger partial charge on any atom is -0.275 e. The maximum atomic E-state index is 5.46. The smallest absolute Gasteiger partial charge is 0.0538 e. The van der Waals surface area contributed by atoms with Crippen LogP contribution in [0.15, 0.2) is 12.4 Å². The Morgan fingerprint density at radius 1 is 1.77 bits per heavy atom. The molecule has 0 fully saturated rings. The zero-order valence-electron chi connectivity index (χ0n) is 8.03. The SMILES string of the molecule is CSCCC(NN)c1cnn(C)c1. The first-order valence-corrected chi connectivity index (χ1v) is 5.61. The van der Waals surface area contributed by atoms with Crippen molar-refractivity contribution in [2.45, 2.75) is 12.5 Å². The topological polar surface area (TPSA) is 55.9 Å². The molecule has 0 spiro atoms. The van der Waals surface area contributed by atoms with E-state index < -0.39 is 0 Å². The van der Waals surface area contributed by atoms with Crippen LogP contribution >= 0.6 is 11.8 Å². The van der Waals surface area contributed by atoms with Gasteiger partial charge in [-0.25, -0.2) is 0 Å². The highest BCUT2D eigenvalue weighted by Gasteiger charge is 2.10. The third kappa shape index (κ3) is 3.02. The summed E-state index contributed by atoms with van der Waals surface area (Å²) in [6, 6.07) is 0.223. The van der Waals surface area contributed by atoms with Gasteiger partial charge in [-0.2, -0.15) is 16.9 Å². The van der Waals surface area contributed by atoms with Crippen LogP contribution < -0.4 is 11.3 Å². The molecule has 13 heavy (non-hydrogen) atoms. The molecule has 3 N–H and O–H groups in total. The van der Waals surface area contributed by atoms with Crippen molar-refractivity contribution in [1.29, 1.82) is 0 Å². The van der Waals surface area contributed by atoms with Crippen molar-refractivity contribution in [2.75, 3.05) is 12.0 Å². The fourth-order valence-electron chi connectivity index (χ4n) is 1.20. The molecule has 1 aromatic heterocycles. The normalized spacial score (nSPS) is 13.2. The van der Waals surface area contributed by atoms with Gasteiger partial charge in [-0.05, 0) is 18.4 Å². The van der Waals surface area contributed by atoms with E-state index in [1.165, 1.54) is 0 Å². The quantitative estimate of drug-likeness (QED) is 0.542.